The van der Waals surface area contributed by atoms with E-state index in [2.05, 4.69) is 6.58 Å². The first-order valence-electron chi connectivity index (χ1n) is 6.29. The van der Waals surface area contributed by atoms with Crippen LogP contribution in [0.2, 0.25) is 0 Å². The summed E-state index contributed by atoms with van der Waals surface area (Å²) in [5.41, 5.74) is 0.910. The van der Waals surface area contributed by atoms with Gasteiger partial charge in [0.1, 0.15) is 12.6 Å². The summed E-state index contributed by atoms with van der Waals surface area (Å²) in [7, 11) is 0. The molecule has 1 aliphatic rings. The van der Waals surface area contributed by atoms with Crippen molar-refractivity contribution < 1.29 is 14.3 Å². The van der Waals surface area contributed by atoms with E-state index in [1.54, 1.807) is 6.08 Å². The van der Waals surface area contributed by atoms with Crippen LogP contribution in [0.25, 0.3) is 0 Å². The lowest BCUT2D eigenvalue weighted by molar-refractivity contribution is -0.129. The molecule has 1 heterocycles. The number of ether oxygens (including phenoxy) is 1. The van der Waals surface area contributed by atoms with Crippen molar-refractivity contribution in [2.45, 2.75) is 19.4 Å². The molecule has 1 fully saturated rings. The maximum Gasteiger partial charge on any atom is 0.417 e. The zero-order valence-corrected chi connectivity index (χ0v) is 10.9. The summed E-state index contributed by atoms with van der Waals surface area (Å²) in [4.78, 5) is 25.1. The third-order valence-corrected chi connectivity index (χ3v) is 3.23. The number of cyclic esters (lactones) is 1. The largest absolute Gasteiger partial charge is 0.446 e. The van der Waals surface area contributed by atoms with E-state index in [4.69, 9.17) is 4.74 Å². The zero-order valence-electron chi connectivity index (χ0n) is 10.9. The summed E-state index contributed by atoms with van der Waals surface area (Å²) >= 11 is 0. The SMILES string of the molecule is C=C[C@H](C)CC(=O)N1C(=O)OC[C@@H]1c1ccccc1. The Morgan fingerprint density at radius 3 is 2.84 bits per heavy atom. The molecular weight excluding hydrogens is 242 g/mol. The molecule has 0 saturated carbocycles. The summed E-state index contributed by atoms with van der Waals surface area (Å²) < 4.78 is 5.01. The Morgan fingerprint density at radius 1 is 1.53 bits per heavy atom. The van der Waals surface area contributed by atoms with Crippen LogP contribution >= 0.6 is 0 Å². The Balaban J connectivity index is 2.18. The van der Waals surface area contributed by atoms with Crippen LogP contribution in [0.5, 0.6) is 0 Å². The van der Waals surface area contributed by atoms with Gasteiger partial charge in [-0.2, -0.15) is 0 Å². The smallest absolute Gasteiger partial charge is 0.417 e. The highest BCUT2D eigenvalue weighted by molar-refractivity contribution is 5.93. The molecule has 0 bridgehead atoms. The van der Waals surface area contributed by atoms with Gasteiger partial charge < -0.3 is 4.74 Å². The Bertz CT molecular complexity index is 483. The van der Waals surface area contributed by atoms with Crippen molar-refractivity contribution in [3.05, 3.63) is 48.6 Å². The molecule has 1 saturated heterocycles. The molecule has 2 amide bonds. The minimum absolute atomic E-state index is 0.0392. The number of hydrogen-bond acceptors (Lipinski definition) is 3. The summed E-state index contributed by atoms with van der Waals surface area (Å²) in [5.74, 6) is -0.180. The minimum atomic E-state index is -0.560. The van der Waals surface area contributed by atoms with Gasteiger partial charge in [0.15, 0.2) is 0 Å². The van der Waals surface area contributed by atoms with Gasteiger partial charge in [0, 0.05) is 6.42 Å². The van der Waals surface area contributed by atoms with Crippen LogP contribution in [-0.2, 0) is 9.53 Å². The first kappa shape index (κ1) is 13.3. The van der Waals surface area contributed by atoms with Crippen molar-refractivity contribution in [3.63, 3.8) is 0 Å². The van der Waals surface area contributed by atoms with Crippen LogP contribution < -0.4 is 0 Å². The van der Waals surface area contributed by atoms with Crippen LogP contribution in [0, 0.1) is 5.92 Å². The molecule has 0 aliphatic carbocycles. The van der Waals surface area contributed by atoms with Crippen molar-refractivity contribution in [1.29, 1.82) is 0 Å². The molecule has 1 aliphatic heterocycles. The lowest BCUT2D eigenvalue weighted by Gasteiger charge is -2.20. The van der Waals surface area contributed by atoms with E-state index in [-0.39, 0.29) is 30.9 Å². The fourth-order valence-electron chi connectivity index (χ4n) is 2.07. The molecule has 2 rings (SSSR count). The summed E-state index contributed by atoms with van der Waals surface area (Å²) in [6.07, 6.45) is 1.41. The fraction of sp³-hybridized carbons (Fsp3) is 0.333. The number of rotatable bonds is 4. The number of carbonyl (C=O) groups is 2. The molecule has 1 aromatic carbocycles. The number of amides is 2. The molecule has 0 spiro atoms. The monoisotopic (exact) mass is 259 g/mol. The first-order valence-corrected chi connectivity index (χ1v) is 6.29. The standard InChI is InChI=1S/C15H17NO3/c1-3-11(2)9-14(17)16-13(10-19-15(16)18)12-7-5-4-6-8-12/h3-8,11,13H,1,9-10H2,2H3/t11-,13+/m0/s1. The predicted octanol–water partition coefficient (Wildman–Crippen LogP) is 2.92. The molecule has 100 valence electrons. The molecule has 0 radical (unpaired) electrons. The highest BCUT2D eigenvalue weighted by Gasteiger charge is 2.38. The van der Waals surface area contributed by atoms with Crippen LogP contribution in [0.3, 0.4) is 0 Å². The van der Waals surface area contributed by atoms with Crippen LogP contribution in [0.1, 0.15) is 24.9 Å². The van der Waals surface area contributed by atoms with Gasteiger partial charge in [-0.1, -0.05) is 43.3 Å². The van der Waals surface area contributed by atoms with Crippen molar-refractivity contribution in [1.82, 2.24) is 4.90 Å². The molecule has 0 N–H and O–H groups in total. The highest BCUT2D eigenvalue weighted by Crippen LogP contribution is 2.28. The summed E-state index contributed by atoms with van der Waals surface area (Å²) in [6.45, 7) is 5.76. The third-order valence-electron chi connectivity index (χ3n) is 3.23. The molecule has 4 nitrogen and oxygen atoms in total. The van der Waals surface area contributed by atoms with Gasteiger partial charge in [-0.3, -0.25) is 4.79 Å². The number of benzene rings is 1. The van der Waals surface area contributed by atoms with Gasteiger partial charge in [0.05, 0.1) is 0 Å². The number of nitrogens with zero attached hydrogens (tertiary/aromatic N) is 1. The Kier molecular flexibility index (Phi) is 4.00. The molecule has 19 heavy (non-hydrogen) atoms. The van der Waals surface area contributed by atoms with Crippen LogP contribution in [0.15, 0.2) is 43.0 Å². The van der Waals surface area contributed by atoms with Crippen molar-refractivity contribution >= 4 is 12.0 Å². The molecule has 4 heteroatoms. The van der Waals surface area contributed by atoms with Gasteiger partial charge in [-0.15, -0.1) is 6.58 Å². The van der Waals surface area contributed by atoms with Crippen LogP contribution in [-0.4, -0.2) is 23.5 Å². The average molecular weight is 259 g/mol. The van der Waals surface area contributed by atoms with E-state index in [1.165, 1.54) is 4.90 Å². The Morgan fingerprint density at radius 2 is 2.21 bits per heavy atom. The number of allylic oxidation sites excluding steroid dienone is 1. The van der Waals surface area contributed by atoms with Crippen molar-refractivity contribution in [2.75, 3.05) is 6.61 Å². The molecule has 1 aromatic rings. The molecule has 0 aromatic heterocycles. The van der Waals surface area contributed by atoms with E-state index in [0.29, 0.717) is 0 Å². The second kappa shape index (κ2) is 5.69. The maximum absolute atomic E-state index is 12.2. The van der Waals surface area contributed by atoms with Gasteiger partial charge >= 0.3 is 6.09 Å². The van der Waals surface area contributed by atoms with E-state index >= 15 is 0 Å². The first-order chi connectivity index (χ1) is 9.13. The molecule has 2 atom stereocenters. The summed E-state index contributed by atoms with van der Waals surface area (Å²) in [5, 5.41) is 0. The quantitative estimate of drug-likeness (QED) is 0.781. The lowest BCUT2D eigenvalue weighted by atomic mass is 10.0. The normalized spacial score (nSPS) is 19.9. The second-order valence-electron chi connectivity index (χ2n) is 4.68. The summed E-state index contributed by atoms with van der Waals surface area (Å²) in [6, 6.07) is 9.12. The Labute approximate surface area is 112 Å². The Hall–Kier alpha value is -2.10. The minimum Gasteiger partial charge on any atom is -0.446 e. The average Bonchev–Trinajstić information content (AvgIpc) is 2.81. The predicted molar refractivity (Wildman–Crippen MR) is 71.4 cm³/mol. The van der Waals surface area contributed by atoms with E-state index in [9.17, 15) is 9.59 Å². The van der Waals surface area contributed by atoms with Crippen molar-refractivity contribution in [3.8, 4) is 0 Å². The second-order valence-corrected chi connectivity index (χ2v) is 4.68. The van der Waals surface area contributed by atoms with Gasteiger partial charge in [-0.05, 0) is 11.5 Å². The van der Waals surface area contributed by atoms with Gasteiger partial charge in [-0.25, -0.2) is 9.69 Å². The zero-order chi connectivity index (χ0) is 13.8. The van der Waals surface area contributed by atoms with Crippen molar-refractivity contribution in [2.24, 2.45) is 5.92 Å². The molecule has 0 unspecified atom stereocenters. The number of imide groups is 1. The number of carbonyl (C=O) groups excluding carboxylic acids is 2. The van der Waals surface area contributed by atoms with Crippen LogP contribution in [0.4, 0.5) is 4.79 Å². The number of hydrogen-bond donors (Lipinski definition) is 0. The lowest BCUT2D eigenvalue weighted by Crippen LogP contribution is -2.34. The molecular formula is C15H17NO3. The van der Waals surface area contributed by atoms with E-state index in [1.807, 2.05) is 37.3 Å². The van der Waals surface area contributed by atoms with E-state index in [0.717, 1.165) is 5.56 Å². The topological polar surface area (TPSA) is 46.6 Å². The fourth-order valence-corrected chi connectivity index (χ4v) is 2.07. The third kappa shape index (κ3) is 2.84. The maximum atomic E-state index is 12.2. The van der Waals surface area contributed by atoms with E-state index < -0.39 is 6.09 Å². The van der Waals surface area contributed by atoms with Gasteiger partial charge in [0.25, 0.3) is 0 Å². The van der Waals surface area contributed by atoms with Gasteiger partial charge in [0.2, 0.25) is 5.91 Å². The highest BCUT2D eigenvalue weighted by atomic mass is 16.6.